The van der Waals surface area contributed by atoms with Gasteiger partial charge in [0.15, 0.2) is 11.3 Å². The fourth-order valence-electron chi connectivity index (χ4n) is 2.93. The lowest BCUT2D eigenvalue weighted by atomic mass is 10.1. The summed E-state index contributed by atoms with van der Waals surface area (Å²) in [6.07, 6.45) is 1.81. The SMILES string of the molecule is CC(C)n1ncc2ccc3c(=O)c(I)c(-c4ccccc4)oc3c21. The maximum Gasteiger partial charge on any atom is 0.206 e. The molecule has 2 aromatic carbocycles. The van der Waals surface area contributed by atoms with Crippen molar-refractivity contribution in [2.24, 2.45) is 0 Å². The van der Waals surface area contributed by atoms with Crippen LogP contribution in [-0.2, 0) is 0 Å². The summed E-state index contributed by atoms with van der Waals surface area (Å²) in [5.41, 5.74) is 2.36. The Labute approximate surface area is 152 Å². The summed E-state index contributed by atoms with van der Waals surface area (Å²) in [5, 5.41) is 6.02. The molecule has 120 valence electrons. The monoisotopic (exact) mass is 430 g/mol. The van der Waals surface area contributed by atoms with Gasteiger partial charge in [-0.2, -0.15) is 5.10 Å². The molecular formula is C19H15IN2O2. The third-order valence-corrected chi connectivity index (χ3v) is 5.07. The zero-order valence-corrected chi connectivity index (χ0v) is 15.4. The van der Waals surface area contributed by atoms with Crippen molar-refractivity contribution >= 4 is 44.5 Å². The van der Waals surface area contributed by atoms with Gasteiger partial charge in [-0.05, 0) is 42.5 Å². The highest BCUT2D eigenvalue weighted by Crippen LogP contribution is 2.31. The van der Waals surface area contributed by atoms with E-state index in [0.717, 1.165) is 16.5 Å². The largest absolute Gasteiger partial charge is 0.452 e. The molecule has 0 unspecified atom stereocenters. The molecule has 0 saturated heterocycles. The van der Waals surface area contributed by atoms with Crippen LogP contribution in [-0.4, -0.2) is 9.78 Å². The minimum absolute atomic E-state index is 0.00545. The first-order valence-corrected chi connectivity index (χ1v) is 8.83. The second-order valence-electron chi connectivity index (χ2n) is 6.00. The molecule has 2 heterocycles. The topological polar surface area (TPSA) is 48.0 Å². The first kappa shape index (κ1) is 15.4. The van der Waals surface area contributed by atoms with Crippen LogP contribution in [0.4, 0.5) is 0 Å². The van der Waals surface area contributed by atoms with Gasteiger partial charge in [-0.1, -0.05) is 36.4 Å². The second-order valence-corrected chi connectivity index (χ2v) is 7.08. The predicted octanol–water partition coefficient (Wildman–Crippen LogP) is 5.00. The molecule has 0 bridgehead atoms. The zero-order chi connectivity index (χ0) is 16.8. The van der Waals surface area contributed by atoms with Crippen molar-refractivity contribution in [2.75, 3.05) is 0 Å². The van der Waals surface area contributed by atoms with Crippen molar-refractivity contribution in [3.63, 3.8) is 0 Å². The number of halogens is 1. The molecule has 0 aliphatic carbocycles. The Morgan fingerprint density at radius 2 is 1.88 bits per heavy atom. The summed E-state index contributed by atoms with van der Waals surface area (Å²) in [5.74, 6) is 0.609. The average Bonchev–Trinajstić information content (AvgIpc) is 3.03. The first-order valence-electron chi connectivity index (χ1n) is 7.76. The molecule has 0 amide bonds. The van der Waals surface area contributed by atoms with Gasteiger partial charge in [0.05, 0.1) is 11.6 Å². The van der Waals surface area contributed by atoms with Crippen LogP contribution >= 0.6 is 22.6 Å². The van der Waals surface area contributed by atoms with Gasteiger partial charge in [0.25, 0.3) is 0 Å². The normalized spacial score (nSPS) is 11.7. The smallest absolute Gasteiger partial charge is 0.206 e. The fourth-order valence-corrected chi connectivity index (χ4v) is 3.64. The molecule has 0 saturated carbocycles. The van der Waals surface area contributed by atoms with Gasteiger partial charge in [-0.3, -0.25) is 9.48 Å². The number of rotatable bonds is 2. The van der Waals surface area contributed by atoms with Gasteiger partial charge in [0.2, 0.25) is 5.43 Å². The highest BCUT2D eigenvalue weighted by Gasteiger charge is 2.18. The van der Waals surface area contributed by atoms with Crippen LogP contribution in [0.3, 0.4) is 0 Å². The van der Waals surface area contributed by atoms with Crippen LogP contribution in [0.2, 0.25) is 0 Å². The maximum absolute atomic E-state index is 12.9. The van der Waals surface area contributed by atoms with Gasteiger partial charge in [-0.25, -0.2) is 0 Å². The number of hydrogen-bond acceptors (Lipinski definition) is 3. The molecule has 4 aromatic rings. The molecule has 4 rings (SSSR count). The van der Waals surface area contributed by atoms with E-state index in [9.17, 15) is 4.79 Å². The summed E-state index contributed by atoms with van der Waals surface area (Å²) in [4.78, 5) is 12.9. The van der Waals surface area contributed by atoms with Gasteiger partial charge in [0, 0.05) is 17.0 Å². The molecular weight excluding hydrogens is 415 g/mol. The molecule has 2 aromatic heterocycles. The van der Waals surface area contributed by atoms with Crippen molar-refractivity contribution in [1.29, 1.82) is 0 Å². The predicted molar refractivity (Wildman–Crippen MR) is 104 cm³/mol. The minimum Gasteiger partial charge on any atom is -0.452 e. The zero-order valence-electron chi connectivity index (χ0n) is 13.3. The molecule has 0 radical (unpaired) electrons. The Bertz CT molecular complexity index is 1110. The first-order chi connectivity index (χ1) is 11.6. The maximum atomic E-state index is 12.9. The Balaban J connectivity index is 2.17. The minimum atomic E-state index is -0.00545. The third-order valence-electron chi connectivity index (χ3n) is 4.09. The van der Waals surface area contributed by atoms with Crippen molar-refractivity contribution in [3.8, 4) is 11.3 Å². The fraction of sp³-hybridized carbons (Fsp3) is 0.158. The van der Waals surface area contributed by atoms with E-state index < -0.39 is 0 Å². The van der Waals surface area contributed by atoms with Crippen molar-refractivity contribution < 1.29 is 4.42 Å². The number of nitrogens with zero attached hydrogens (tertiary/aromatic N) is 2. The van der Waals surface area contributed by atoms with E-state index in [1.54, 1.807) is 0 Å². The quantitative estimate of drug-likeness (QED) is 0.421. The standard InChI is InChI=1S/C19H15IN2O2/c1-11(2)22-16-13(10-21-22)8-9-14-17(23)15(20)18(24-19(14)16)12-6-4-3-5-7-12/h3-11H,1-2H3. The number of hydrogen-bond donors (Lipinski definition) is 0. The number of benzene rings is 2. The lowest BCUT2D eigenvalue weighted by Gasteiger charge is -2.11. The summed E-state index contributed by atoms with van der Waals surface area (Å²) >= 11 is 2.07. The van der Waals surface area contributed by atoms with Gasteiger partial charge in [0.1, 0.15) is 9.09 Å². The van der Waals surface area contributed by atoms with E-state index in [1.165, 1.54) is 0 Å². The Hall–Kier alpha value is -2.15. The second kappa shape index (κ2) is 5.73. The Morgan fingerprint density at radius 1 is 1.12 bits per heavy atom. The van der Waals surface area contributed by atoms with E-state index in [2.05, 4.69) is 41.5 Å². The molecule has 0 fully saturated rings. The van der Waals surface area contributed by atoms with Crippen molar-refractivity contribution in [2.45, 2.75) is 19.9 Å². The molecule has 0 spiro atoms. The third kappa shape index (κ3) is 2.26. The van der Waals surface area contributed by atoms with E-state index in [-0.39, 0.29) is 11.5 Å². The van der Waals surface area contributed by atoms with E-state index >= 15 is 0 Å². The van der Waals surface area contributed by atoms with Crippen LogP contribution < -0.4 is 5.43 Å². The van der Waals surface area contributed by atoms with Crippen LogP contribution in [0.15, 0.2) is 57.9 Å². The molecule has 5 heteroatoms. The summed E-state index contributed by atoms with van der Waals surface area (Å²) in [6.45, 7) is 4.13. The molecule has 0 aliphatic heterocycles. The van der Waals surface area contributed by atoms with Crippen molar-refractivity contribution in [3.05, 3.63) is 62.5 Å². The molecule has 24 heavy (non-hydrogen) atoms. The van der Waals surface area contributed by atoms with Crippen LogP contribution in [0, 0.1) is 3.57 Å². The molecule has 0 atom stereocenters. The van der Waals surface area contributed by atoms with Gasteiger partial charge >= 0.3 is 0 Å². The molecule has 0 aliphatic rings. The van der Waals surface area contributed by atoms with E-state index in [0.29, 0.717) is 20.3 Å². The van der Waals surface area contributed by atoms with E-state index in [1.807, 2.05) is 53.3 Å². The summed E-state index contributed by atoms with van der Waals surface area (Å²) in [6, 6.07) is 13.7. The van der Waals surface area contributed by atoms with Gasteiger partial charge < -0.3 is 4.42 Å². The lowest BCUT2D eigenvalue weighted by molar-refractivity contribution is 0.545. The Morgan fingerprint density at radius 3 is 2.58 bits per heavy atom. The van der Waals surface area contributed by atoms with Crippen LogP contribution in [0.25, 0.3) is 33.2 Å². The Kier molecular flexibility index (Phi) is 3.68. The van der Waals surface area contributed by atoms with Gasteiger partial charge in [-0.15, -0.1) is 0 Å². The highest BCUT2D eigenvalue weighted by molar-refractivity contribution is 14.1. The van der Waals surface area contributed by atoms with Crippen LogP contribution in [0.5, 0.6) is 0 Å². The van der Waals surface area contributed by atoms with Crippen LogP contribution in [0.1, 0.15) is 19.9 Å². The van der Waals surface area contributed by atoms with Crippen molar-refractivity contribution in [1.82, 2.24) is 9.78 Å². The number of aromatic nitrogens is 2. The highest BCUT2D eigenvalue weighted by atomic mass is 127. The lowest BCUT2D eigenvalue weighted by Crippen LogP contribution is -2.09. The average molecular weight is 430 g/mol. The molecule has 4 nitrogen and oxygen atoms in total. The summed E-state index contributed by atoms with van der Waals surface area (Å²) < 4.78 is 8.76. The van der Waals surface area contributed by atoms with E-state index in [4.69, 9.17) is 4.42 Å². The molecule has 0 N–H and O–H groups in total. The summed E-state index contributed by atoms with van der Waals surface area (Å²) in [7, 11) is 0. The number of fused-ring (bicyclic) bond motifs is 3.